The fourth-order valence-electron chi connectivity index (χ4n) is 3.13. The highest BCUT2D eigenvalue weighted by atomic mass is 16.6. The maximum Gasteiger partial charge on any atom is 0.353 e. The lowest BCUT2D eigenvalue weighted by Crippen LogP contribution is -3.14. The van der Waals surface area contributed by atoms with Crippen molar-refractivity contribution in [3.05, 3.63) is 34.4 Å². The molecule has 0 bridgehead atoms. The summed E-state index contributed by atoms with van der Waals surface area (Å²) in [5, 5.41) is 14.6. The summed E-state index contributed by atoms with van der Waals surface area (Å²) in [7, 11) is 1.58. The first-order valence-electron chi connectivity index (χ1n) is 8.83. The molecule has 3 rings (SSSR count). The van der Waals surface area contributed by atoms with Gasteiger partial charge in [-0.25, -0.2) is 0 Å². The zero-order chi connectivity index (χ0) is 19.4. The van der Waals surface area contributed by atoms with Crippen LogP contribution in [0.2, 0.25) is 0 Å². The zero-order valence-corrected chi connectivity index (χ0v) is 15.4. The monoisotopic (exact) mass is 374 g/mol. The molecule has 1 saturated heterocycles. The Labute approximate surface area is 157 Å². The van der Waals surface area contributed by atoms with E-state index >= 15 is 0 Å². The Morgan fingerprint density at radius 2 is 2.11 bits per heavy atom. The quantitative estimate of drug-likeness (QED) is 0.492. The van der Waals surface area contributed by atoms with Crippen molar-refractivity contribution >= 4 is 29.0 Å². The Kier molecular flexibility index (Phi) is 5.55. The van der Waals surface area contributed by atoms with Crippen LogP contribution in [0.3, 0.4) is 0 Å². The van der Waals surface area contributed by atoms with Gasteiger partial charge in [0.1, 0.15) is 5.75 Å². The van der Waals surface area contributed by atoms with Gasteiger partial charge in [-0.2, -0.15) is 9.97 Å². The number of rotatable bonds is 6. The standard InChI is InChI=1S/C17H23N7O3/c1-3-22-7-9-23(10-8-22)16-14(24(25)26)15(18)20-17(21-16)19-12-5-4-6-13(11-12)27-2/h4-6,11H,3,7-10H2,1-2H3,(H3,18,19,20,21)/p+1. The van der Waals surface area contributed by atoms with E-state index in [1.807, 2.05) is 23.1 Å². The summed E-state index contributed by atoms with van der Waals surface area (Å²) in [6.45, 7) is 6.32. The molecule has 1 fully saturated rings. The average molecular weight is 374 g/mol. The summed E-state index contributed by atoms with van der Waals surface area (Å²) in [4.78, 5) is 22.9. The number of hydrogen-bond donors (Lipinski definition) is 3. The van der Waals surface area contributed by atoms with Gasteiger partial charge in [-0.3, -0.25) is 10.1 Å². The minimum Gasteiger partial charge on any atom is -0.497 e. The Hall–Kier alpha value is -3.14. The molecule has 0 saturated carbocycles. The molecular weight excluding hydrogens is 350 g/mol. The number of ether oxygens (including phenoxy) is 1. The van der Waals surface area contributed by atoms with Crippen molar-refractivity contribution < 1.29 is 14.6 Å². The number of nitro groups is 1. The molecule has 0 atom stereocenters. The molecule has 0 aliphatic carbocycles. The van der Waals surface area contributed by atoms with Crippen LogP contribution in [0.15, 0.2) is 24.3 Å². The van der Waals surface area contributed by atoms with Crippen LogP contribution < -0.4 is 25.6 Å². The lowest BCUT2D eigenvalue weighted by molar-refractivity contribution is -0.898. The van der Waals surface area contributed by atoms with Crippen LogP contribution in [0.4, 0.5) is 29.0 Å². The molecule has 0 amide bonds. The van der Waals surface area contributed by atoms with E-state index in [-0.39, 0.29) is 23.3 Å². The highest BCUT2D eigenvalue weighted by molar-refractivity contribution is 5.72. The topological polar surface area (TPSA) is 124 Å². The van der Waals surface area contributed by atoms with Crippen LogP contribution in [0, 0.1) is 10.1 Å². The first-order valence-corrected chi connectivity index (χ1v) is 8.83. The first-order chi connectivity index (χ1) is 13.0. The summed E-state index contributed by atoms with van der Waals surface area (Å²) in [6.07, 6.45) is 0. The predicted molar refractivity (Wildman–Crippen MR) is 103 cm³/mol. The minimum absolute atomic E-state index is 0.152. The molecule has 1 aliphatic heterocycles. The van der Waals surface area contributed by atoms with Crippen molar-refractivity contribution in [3.8, 4) is 5.75 Å². The second-order valence-electron chi connectivity index (χ2n) is 6.31. The lowest BCUT2D eigenvalue weighted by Gasteiger charge is -2.32. The Balaban J connectivity index is 1.92. The smallest absolute Gasteiger partial charge is 0.353 e. The Bertz CT molecular complexity index is 822. The van der Waals surface area contributed by atoms with Crippen molar-refractivity contribution in [2.24, 2.45) is 0 Å². The van der Waals surface area contributed by atoms with Crippen LogP contribution in [-0.2, 0) is 0 Å². The lowest BCUT2D eigenvalue weighted by atomic mass is 10.3. The largest absolute Gasteiger partial charge is 0.497 e. The van der Waals surface area contributed by atoms with Gasteiger partial charge < -0.3 is 25.6 Å². The zero-order valence-electron chi connectivity index (χ0n) is 15.4. The number of aromatic nitrogens is 2. The van der Waals surface area contributed by atoms with Crippen LogP contribution in [0.1, 0.15) is 6.92 Å². The highest BCUT2D eigenvalue weighted by Crippen LogP contribution is 2.33. The van der Waals surface area contributed by atoms with Gasteiger partial charge >= 0.3 is 5.69 Å². The van der Waals surface area contributed by atoms with E-state index in [9.17, 15) is 10.1 Å². The predicted octanol–water partition coefficient (Wildman–Crippen LogP) is 0.444. The number of nitrogens with one attached hydrogen (secondary N) is 2. The van der Waals surface area contributed by atoms with Crippen LogP contribution in [0.25, 0.3) is 0 Å². The molecule has 10 heteroatoms. The third kappa shape index (κ3) is 4.17. The minimum atomic E-state index is -0.515. The third-order valence-electron chi connectivity index (χ3n) is 4.67. The number of quaternary nitrogens is 1. The second-order valence-corrected chi connectivity index (χ2v) is 6.31. The molecule has 1 aromatic carbocycles. The number of piperazine rings is 1. The molecule has 1 aliphatic rings. The maximum atomic E-state index is 11.5. The molecule has 0 spiro atoms. The molecule has 10 nitrogen and oxygen atoms in total. The second kappa shape index (κ2) is 8.04. The highest BCUT2D eigenvalue weighted by Gasteiger charge is 2.30. The number of methoxy groups -OCH3 is 1. The van der Waals surface area contributed by atoms with E-state index < -0.39 is 4.92 Å². The van der Waals surface area contributed by atoms with E-state index in [0.29, 0.717) is 24.5 Å². The van der Waals surface area contributed by atoms with E-state index in [4.69, 9.17) is 10.5 Å². The molecule has 0 radical (unpaired) electrons. The number of nitrogens with two attached hydrogens (primary N) is 1. The summed E-state index contributed by atoms with van der Waals surface area (Å²) in [5.74, 6) is 0.995. The number of likely N-dealkylation sites (N-methyl/N-ethyl adjacent to an activating group) is 1. The number of anilines is 4. The molecule has 144 valence electrons. The molecular formula is C17H24N7O3+. The normalized spacial score (nSPS) is 14.8. The number of nitrogens with zero attached hydrogens (tertiary/aromatic N) is 4. The van der Waals surface area contributed by atoms with Crippen LogP contribution in [-0.4, -0.2) is 54.7 Å². The van der Waals surface area contributed by atoms with Gasteiger partial charge in [-0.1, -0.05) is 6.07 Å². The van der Waals surface area contributed by atoms with Crippen molar-refractivity contribution in [2.45, 2.75) is 6.92 Å². The molecule has 4 N–H and O–H groups in total. The third-order valence-corrected chi connectivity index (χ3v) is 4.67. The number of nitrogen functional groups attached to an aromatic ring is 1. The van der Waals surface area contributed by atoms with Crippen molar-refractivity contribution in [1.82, 2.24) is 9.97 Å². The summed E-state index contributed by atoms with van der Waals surface area (Å²) in [5.41, 5.74) is 6.36. The number of hydrogen-bond acceptors (Lipinski definition) is 8. The van der Waals surface area contributed by atoms with Gasteiger partial charge in [0.05, 0.1) is 44.8 Å². The molecule has 27 heavy (non-hydrogen) atoms. The van der Waals surface area contributed by atoms with Crippen LogP contribution >= 0.6 is 0 Å². The van der Waals surface area contributed by atoms with E-state index in [2.05, 4.69) is 22.2 Å². The fraction of sp³-hybridized carbons (Fsp3) is 0.412. The molecule has 2 aromatic rings. The summed E-state index contributed by atoms with van der Waals surface area (Å²) >= 11 is 0. The average Bonchev–Trinajstić information content (AvgIpc) is 2.67. The molecule has 0 unspecified atom stereocenters. The van der Waals surface area contributed by atoms with Gasteiger partial charge in [0.15, 0.2) is 0 Å². The Morgan fingerprint density at radius 3 is 2.74 bits per heavy atom. The fourth-order valence-corrected chi connectivity index (χ4v) is 3.13. The van der Waals surface area contributed by atoms with Gasteiger partial charge in [0.25, 0.3) is 0 Å². The maximum absolute atomic E-state index is 11.5. The van der Waals surface area contributed by atoms with Crippen molar-refractivity contribution in [2.75, 3.05) is 55.8 Å². The number of benzene rings is 1. The van der Waals surface area contributed by atoms with E-state index in [1.54, 1.807) is 13.2 Å². The summed E-state index contributed by atoms with van der Waals surface area (Å²) in [6, 6.07) is 7.25. The molecule has 1 aromatic heterocycles. The van der Waals surface area contributed by atoms with E-state index in [1.165, 1.54) is 4.90 Å². The van der Waals surface area contributed by atoms with Crippen molar-refractivity contribution in [3.63, 3.8) is 0 Å². The van der Waals surface area contributed by atoms with E-state index in [0.717, 1.165) is 19.6 Å². The van der Waals surface area contributed by atoms with Gasteiger partial charge in [-0.05, 0) is 19.1 Å². The van der Waals surface area contributed by atoms with Gasteiger partial charge in [0.2, 0.25) is 17.6 Å². The Morgan fingerprint density at radius 1 is 1.37 bits per heavy atom. The van der Waals surface area contributed by atoms with Crippen molar-refractivity contribution in [1.29, 1.82) is 0 Å². The van der Waals surface area contributed by atoms with Gasteiger partial charge in [0, 0.05) is 11.8 Å². The first kappa shape index (κ1) is 18.6. The van der Waals surface area contributed by atoms with Crippen LogP contribution in [0.5, 0.6) is 5.75 Å². The SMILES string of the molecule is CC[NH+]1CCN(c2nc(Nc3cccc(OC)c3)nc(N)c2[N+](=O)[O-])CC1. The summed E-state index contributed by atoms with van der Waals surface area (Å²) < 4.78 is 5.20. The van der Waals surface area contributed by atoms with Gasteiger partial charge in [-0.15, -0.1) is 0 Å². The molecule has 2 heterocycles.